The summed E-state index contributed by atoms with van der Waals surface area (Å²) in [7, 11) is 0. The molecular formula is C17H14F3N5O2S. The standard InChI is InChI=1S/C17H14F3N5O2S/c18-11-6-5-10(7-13(11)20)22-16(26)9-28-17-24-23-15(25(17)21)8-27-14-4-2-1-3-12(14)19/h1-7H,8-9,21H2,(H,22,26). The number of nitrogens with two attached hydrogens (primary N) is 1. The zero-order chi connectivity index (χ0) is 20.1. The Labute approximate surface area is 161 Å². The van der Waals surface area contributed by atoms with Crippen LogP contribution in [-0.4, -0.2) is 26.5 Å². The lowest BCUT2D eigenvalue weighted by Crippen LogP contribution is -2.18. The fourth-order valence-electron chi connectivity index (χ4n) is 2.11. The highest BCUT2D eigenvalue weighted by atomic mass is 32.2. The smallest absolute Gasteiger partial charge is 0.234 e. The van der Waals surface area contributed by atoms with Crippen molar-refractivity contribution < 1.29 is 22.7 Å². The van der Waals surface area contributed by atoms with Gasteiger partial charge in [0.05, 0.1) is 5.75 Å². The molecular weight excluding hydrogens is 395 g/mol. The first kappa shape index (κ1) is 19.5. The van der Waals surface area contributed by atoms with Crippen molar-refractivity contribution in [1.82, 2.24) is 14.9 Å². The molecule has 0 atom stereocenters. The predicted octanol–water partition coefficient (Wildman–Crippen LogP) is 2.72. The van der Waals surface area contributed by atoms with Crippen LogP contribution < -0.4 is 15.9 Å². The second kappa shape index (κ2) is 8.65. The third-order valence-electron chi connectivity index (χ3n) is 3.46. The molecule has 0 bridgehead atoms. The van der Waals surface area contributed by atoms with Crippen molar-refractivity contribution in [3.63, 3.8) is 0 Å². The Bertz CT molecular complexity index is 999. The van der Waals surface area contributed by atoms with E-state index in [2.05, 4.69) is 15.5 Å². The van der Waals surface area contributed by atoms with Crippen molar-refractivity contribution >= 4 is 23.4 Å². The topological polar surface area (TPSA) is 95.1 Å². The zero-order valence-electron chi connectivity index (χ0n) is 14.2. The number of benzene rings is 2. The molecule has 3 N–H and O–H groups in total. The van der Waals surface area contributed by atoms with Crippen molar-refractivity contribution in [3.8, 4) is 5.75 Å². The van der Waals surface area contributed by atoms with E-state index in [1.165, 1.54) is 24.3 Å². The van der Waals surface area contributed by atoms with E-state index in [0.717, 1.165) is 28.6 Å². The quantitative estimate of drug-likeness (QED) is 0.460. The molecule has 0 spiro atoms. The fraction of sp³-hybridized carbons (Fsp3) is 0.118. The van der Waals surface area contributed by atoms with E-state index in [0.29, 0.717) is 0 Å². The van der Waals surface area contributed by atoms with Crippen LogP contribution in [0, 0.1) is 17.5 Å². The number of nitrogens with zero attached hydrogens (tertiary/aromatic N) is 3. The number of aromatic nitrogens is 3. The lowest BCUT2D eigenvalue weighted by Gasteiger charge is -2.07. The van der Waals surface area contributed by atoms with Gasteiger partial charge in [-0.1, -0.05) is 23.9 Å². The number of amides is 1. The lowest BCUT2D eigenvalue weighted by molar-refractivity contribution is -0.113. The van der Waals surface area contributed by atoms with Gasteiger partial charge >= 0.3 is 0 Å². The van der Waals surface area contributed by atoms with Gasteiger partial charge in [0.25, 0.3) is 0 Å². The number of ether oxygens (including phenoxy) is 1. The number of thioether (sulfide) groups is 1. The first-order valence-electron chi connectivity index (χ1n) is 7.88. The molecule has 0 unspecified atom stereocenters. The van der Waals surface area contributed by atoms with Crippen LogP contribution in [0.1, 0.15) is 5.82 Å². The van der Waals surface area contributed by atoms with Gasteiger partial charge in [-0.05, 0) is 24.3 Å². The van der Waals surface area contributed by atoms with E-state index >= 15 is 0 Å². The summed E-state index contributed by atoms with van der Waals surface area (Å²) in [4.78, 5) is 11.9. The molecule has 0 aliphatic carbocycles. The summed E-state index contributed by atoms with van der Waals surface area (Å²) >= 11 is 0.982. The van der Waals surface area contributed by atoms with Crippen LogP contribution in [0.25, 0.3) is 0 Å². The number of para-hydroxylation sites is 1. The van der Waals surface area contributed by atoms with Crippen molar-refractivity contribution in [2.45, 2.75) is 11.8 Å². The first-order chi connectivity index (χ1) is 13.4. The summed E-state index contributed by atoms with van der Waals surface area (Å²) in [5.41, 5.74) is 0.123. The zero-order valence-corrected chi connectivity index (χ0v) is 15.0. The third kappa shape index (κ3) is 4.74. The Balaban J connectivity index is 1.54. The minimum absolute atomic E-state index is 0.0469. The molecule has 1 heterocycles. The predicted molar refractivity (Wildman–Crippen MR) is 96.6 cm³/mol. The Morgan fingerprint density at radius 3 is 2.64 bits per heavy atom. The number of rotatable bonds is 7. The Kier molecular flexibility index (Phi) is 6.04. The summed E-state index contributed by atoms with van der Waals surface area (Å²) < 4.78 is 46.0. The Morgan fingerprint density at radius 1 is 1.11 bits per heavy atom. The number of carbonyl (C=O) groups is 1. The molecule has 11 heteroatoms. The normalized spacial score (nSPS) is 10.7. The number of carbonyl (C=O) groups excluding carboxylic acids is 1. The molecule has 0 saturated heterocycles. The molecule has 1 amide bonds. The third-order valence-corrected chi connectivity index (χ3v) is 4.41. The first-order valence-corrected chi connectivity index (χ1v) is 8.87. The van der Waals surface area contributed by atoms with E-state index in [9.17, 15) is 18.0 Å². The van der Waals surface area contributed by atoms with Crippen LogP contribution in [0.3, 0.4) is 0 Å². The van der Waals surface area contributed by atoms with Crippen LogP contribution in [0.15, 0.2) is 47.6 Å². The maximum atomic E-state index is 13.5. The molecule has 146 valence electrons. The van der Waals surface area contributed by atoms with E-state index in [4.69, 9.17) is 10.6 Å². The second-order valence-corrected chi connectivity index (χ2v) is 6.40. The maximum Gasteiger partial charge on any atom is 0.234 e. The van der Waals surface area contributed by atoms with Crippen molar-refractivity contribution in [2.24, 2.45) is 0 Å². The van der Waals surface area contributed by atoms with Gasteiger partial charge in [-0.2, -0.15) is 0 Å². The number of hydrogen-bond acceptors (Lipinski definition) is 6. The molecule has 3 rings (SSSR count). The molecule has 0 aliphatic heterocycles. The molecule has 0 radical (unpaired) electrons. The van der Waals surface area contributed by atoms with Crippen molar-refractivity contribution in [3.05, 3.63) is 65.7 Å². The molecule has 2 aromatic carbocycles. The highest BCUT2D eigenvalue weighted by Gasteiger charge is 2.14. The average Bonchev–Trinajstić information content (AvgIpc) is 3.02. The highest BCUT2D eigenvalue weighted by Crippen LogP contribution is 2.19. The molecule has 0 saturated carbocycles. The number of anilines is 1. The fourth-order valence-corrected chi connectivity index (χ4v) is 2.78. The molecule has 28 heavy (non-hydrogen) atoms. The maximum absolute atomic E-state index is 13.5. The summed E-state index contributed by atoms with van der Waals surface area (Å²) in [5, 5.41) is 10.3. The average molecular weight is 409 g/mol. The van der Waals surface area contributed by atoms with Gasteiger partial charge in [-0.15, -0.1) is 10.2 Å². The van der Waals surface area contributed by atoms with Gasteiger partial charge in [0.1, 0.15) is 6.61 Å². The van der Waals surface area contributed by atoms with Gasteiger partial charge in [0.15, 0.2) is 29.0 Å². The molecule has 0 fully saturated rings. The largest absolute Gasteiger partial charge is 0.482 e. The molecule has 0 aliphatic rings. The van der Waals surface area contributed by atoms with Gasteiger partial charge in [0.2, 0.25) is 11.1 Å². The van der Waals surface area contributed by atoms with Crippen LogP contribution in [0.5, 0.6) is 5.75 Å². The number of nitrogens with one attached hydrogen (secondary N) is 1. The summed E-state index contributed by atoms with van der Waals surface area (Å²) in [6.45, 7) is -0.119. The monoisotopic (exact) mass is 409 g/mol. The summed E-state index contributed by atoms with van der Waals surface area (Å²) in [6.07, 6.45) is 0. The summed E-state index contributed by atoms with van der Waals surface area (Å²) in [6, 6.07) is 8.91. The van der Waals surface area contributed by atoms with Crippen LogP contribution in [0.4, 0.5) is 18.9 Å². The Morgan fingerprint density at radius 2 is 1.89 bits per heavy atom. The minimum atomic E-state index is -1.06. The van der Waals surface area contributed by atoms with Crippen LogP contribution >= 0.6 is 11.8 Å². The second-order valence-electron chi connectivity index (χ2n) is 5.45. The molecule has 3 aromatic rings. The van der Waals surface area contributed by atoms with Crippen molar-refractivity contribution in [2.75, 3.05) is 16.9 Å². The van der Waals surface area contributed by atoms with Crippen LogP contribution in [-0.2, 0) is 11.4 Å². The number of hydrogen-bond donors (Lipinski definition) is 2. The van der Waals surface area contributed by atoms with Gasteiger partial charge < -0.3 is 15.9 Å². The van der Waals surface area contributed by atoms with E-state index in [1.807, 2.05) is 0 Å². The minimum Gasteiger partial charge on any atom is -0.482 e. The van der Waals surface area contributed by atoms with Crippen LogP contribution in [0.2, 0.25) is 0 Å². The van der Waals surface area contributed by atoms with Gasteiger partial charge in [-0.25, -0.2) is 17.8 Å². The number of halogens is 3. The SMILES string of the molecule is Nn1c(COc2ccccc2F)nnc1SCC(=O)Nc1ccc(F)c(F)c1. The molecule has 7 nitrogen and oxygen atoms in total. The van der Waals surface area contributed by atoms with E-state index < -0.39 is 23.4 Å². The Hall–Kier alpha value is -3.21. The van der Waals surface area contributed by atoms with E-state index in [-0.39, 0.29) is 34.8 Å². The lowest BCUT2D eigenvalue weighted by atomic mass is 10.3. The van der Waals surface area contributed by atoms with Crippen molar-refractivity contribution in [1.29, 1.82) is 0 Å². The highest BCUT2D eigenvalue weighted by molar-refractivity contribution is 7.99. The van der Waals surface area contributed by atoms with Gasteiger partial charge in [0, 0.05) is 11.8 Å². The number of nitrogen functional groups attached to an aromatic ring is 1. The van der Waals surface area contributed by atoms with E-state index in [1.54, 1.807) is 6.07 Å². The van der Waals surface area contributed by atoms with Gasteiger partial charge in [-0.3, -0.25) is 4.79 Å². The summed E-state index contributed by atoms with van der Waals surface area (Å²) in [5.74, 6) is 2.98. The molecule has 1 aromatic heterocycles.